The van der Waals surface area contributed by atoms with E-state index in [1.54, 1.807) is 41.7 Å². The maximum absolute atomic E-state index is 14.4. The van der Waals surface area contributed by atoms with E-state index in [1.165, 1.54) is 21.9 Å². The van der Waals surface area contributed by atoms with Crippen LogP contribution in [-0.2, 0) is 36.4 Å². The number of aliphatic hydroxyl groups excluding tert-OH is 1. The Morgan fingerprint density at radius 3 is 2.18 bits per heavy atom. The summed E-state index contributed by atoms with van der Waals surface area (Å²) in [6, 6.07) is 26.7. The average Bonchev–Trinajstić information content (AvgIpc) is 4.01. The van der Waals surface area contributed by atoms with Gasteiger partial charge in [0.25, 0.3) is 11.8 Å². The maximum atomic E-state index is 14.4. The van der Waals surface area contributed by atoms with Crippen molar-refractivity contribution in [1.29, 1.82) is 5.26 Å². The Morgan fingerprint density at radius 1 is 0.944 bits per heavy atom. The van der Waals surface area contributed by atoms with Crippen molar-refractivity contribution in [3.05, 3.63) is 119 Å². The van der Waals surface area contributed by atoms with Crippen molar-refractivity contribution < 1.29 is 42.5 Å². The van der Waals surface area contributed by atoms with Crippen LogP contribution < -0.4 is 25.2 Å². The molecule has 378 valence electrons. The van der Waals surface area contributed by atoms with Crippen LogP contribution >= 0.6 is 23.6 Å². The molecule has 0 saturated carbocycles. The second-order valence-electron chi connectivity index (χ2n) is 19.7. The van der Waals surface area contributed by atoms with Gasteiger partial charge in [-0.05, 0) is 116 Å². The van der Waals surface area contributed by atoms with Crippen LogP contribution in [0.2, 0.25) is 0 Å². The monoisotopic (exact) mass is 1020 g/mol. The smallest absolute Gasteiger partial charge is 0.271 e. The Hall–Kier alpha value is -6.65. The van der Waals surface area contributed by atoms with Crippen LogP contribution in [0.3, 0.4) is 0 Å². The van der Waals surface area contributed by atoms with Gasteiger partial charge in [-0.1, -0.05) is 69.3 Å². The number of aryl methyl sites for hydroxylation is 1. The molecule has 4 aromatic carbocycles. The third-order valence-electron chi connectivity index (χ3n) is 12.7. The number of nitrogens with one attached hydrogen (secondary N) is 2. The van der Waals surface area contributed by atoms with Crippen molar-refractivity contribution in [3.8, 4) is 33.4 Å². The molecule has 2 fully saturated rings. The first-order valence-electron chi connectivity index (χ1n) is 23.7. The predicted octanol–water partition coefficient (Wildman–Crippen LogP) is 8.67. The topological polar surface area (TPSA) is 177 Å². The van der Waals surface area contributed by atoms with Gasteiger partial charge in [-0.15, -0.1) is 11.3 Å². The van der Waals surface area contributed by atoms with Crippen molar-refractivity contribution >= 4 is 63.7 Å². The Bertz CT molecular complexity index is 2840. The molecule has 3 heterocycles. The van der Waals surface area contributed by atoms with E-state index < -0.39 is 58.3 Å². The average molecular weight is 1020 g/mol. The molecule has 4 amide bonds. The number of carbonyl (C=O) groups excluding carboxylic acids is 4. The number of ether oxygens (including phenoxy) is 2. The molecule has 0 unspecified atom stereocenters. The number of likely N-dealkylation sites (tertiary alicyclic amines) is 1. The molecule has 0 bridgehead atoms. The number of anilines is 2. The first-order chi connectivity index (χ1) is 34.1. The highest BCUT2D eigenvalue weighted by atomic mass is 32.1. The molecule has 5 aromatic rings. The van der Waals surface area contributed by atoms with Gasteiger partial charge in [0.05, 0.1) is 46.1 Å². The van der Waals surface area contributed by atoms with Crippen LogP contribution in [0.1, 0.15) is 83.2 Å². The number of amides is 4. The minimum atomic E-state index is -3.31. The zero-order chi connectivity index (χ0) is 52.1. The van der Waals surface area contributed by atoms with Crippen LogP contribution in [0.4, 0.5) is 20.2 Å². The Labute approximate surface area is 427 Å². The summed E-state index contributed by atoms with van der Waals surface area (Å²) in [6.45, 7) is 12.2. The van der Waals surface area contributed by atoms with Crippen molar-refractivity contribution in [2.24, 2.45) is 5.41 Å². The number of thiazole rings is 1. The molecule has 7 rings (SSSR count). The maximum Gasteiger partial charge on any atom is 0.271 e. The standard InChI is InChI=1S/C54H59F2N7O7S2/c1-33-46(72-32-59-33)37-12-10-34(11-13-37)29-58-48(66)44-27-41(64)30-61(44)49(67)47(52(2,3)4)60-45(65)31-69-24-8-9-25-70-42-22-17-36(18-23-42)35-14-19-39(20-15-35)63-51(71)62(50(68)53(63,5)6)40-21-16-38(28-57)43(26-40)54(7,55)56/h10-23,26,32,41,44,47,64H,8-9,24-25,27,29-31H2,1-7H3,(H,58,66)(H,60,65)/t41-,44-,47+/m0/s1. The van der Waals surface area contributed by atoms with Crippen molar-refractivity contribution in [1.82, 2.24) is 20.5 Å². The molecule has 3 N–H and O–H groups in total. The van der Waals surface area contributed by atoms with E-state index in [4.69, 9.17) is 21.7 Å². The van der Waals surface area contributed by atoms with Gasteiger partial charge in [-0.3, -0.25) is 24.1 Å². The Kier molecular flexibility index (Phi) is 16.2. The lowest BCUT2D eigenvalue weighted by Crippen LogP contribution is -2.58. The molecular weight excluding hydrogens is 961 g/mol. The molecule has 72 heavy (non-hydrogen) atoms. The van der Waals surface area contributed by atoms with Gasteiger partial charge in [0.15, 0.2) is 5.11 Å². The van der Waals surface area contributed by atoms with E-state index in [9.17, 15) is 38.3 Å². The van der Waals surface area contributed by atoms with Crippen molar-refractivity contribution in [2.45, 2.75) is 104 Å². The van der Waals surface area contributed by atoms with Gasteiger partial charge in [-0.2, -0.15) is 5.26 Å². The summed E-state index contributed by atoms with van der Waals surface area (Å²) in [5, 5.41) is 25.8. The van der Waals surface area contributed by atoms with Gasteiger partial charge >= 0.3 is 0 Å². The fourth-order valence-corrected chi connectivity index (χ4v) is 10.1. The number of rotatable bonds is 18. The number of aromatic nitrogens is 1. The van der Waals surface area contributed by atoms with Gasteiger partial charge < -0.3 is 35.0 Å². The lowest BCUT2D eigenvalue weighted by Gasteiger charge is -2.35. The first-order valence-corrected chi connectivity index (χ1v) is 24.9. The van der Waals surface area contributed by atoms with E-state index >= 15 is 0 Å². The number of hydrogen-bond acceptors (Lipinski definition) is 11. The van der Waals surface area contributed by atoms with E-state index in [0.717, 1.165) is 38.9 Å². The van der Waals surface area contributed by atoms with E-state index in [2.05, 4.69) is 15.6 Å². The van der Waals surface area contributed by atoms with Gasteiger partial charge in [-0.25, -0.2) is 13.8 Å². The first kappa shape index (κ1) is 53.2. The number of thiocarbonyl (C=S) groups is 1. The van der Waals surface area contributed by atoms with E-state index in [-0.39, 0.29) is 55.0 Å². The molecule has 18 heteroatoms. The number of nitriles is 1. The van der Waals surface area contributed by atoms with Crippen LogP contribution in [-0.4, -0.2) is 93.8 Å². The number of nitrogens with zero attached hydrogens (tertiary/aromatic N) is 5. The van der Waals surface area contributed by atoms with E-state index in [1.807, 2.05) is 100 Å². The molecule has 0 spiro atoms. The molecule has 0 aliphatic carbocycles. The zero-order valence-electron chi connectivity index (χ0n) is 41.3. The summed E-state index contributed by atoms with van der Waals surface area (Å²) in [5.74, 6) is -4.34. The van der Waals surface area contributed by atoms with Gasteiger partial charge in [0.1, 0.15) is 30.0 Å². The number of benzene rings is 4. The molecule has 14 nitrogen and oxygen atoms in total. The minimum absolute atomic E-state index is 0.0285. The summed E-state index contributed by atoms with van der Waals surface area (Å²) < 4.78 is 40.5. The third kappa shape index (κ3) is 12.0. The highest BCUT2D eigenvalue weighted by molar-refractivity contribution is 7.81. The lowest BCUT2D eigenvalue weighted by atomic mass is 9.85. The number of halogens is 2. The number of hydrogen-bond donors (Lipinski definition) is 3. The van der Waals surface area contributed by atoms with Crippen LogP contribution in [0.15, 0.2) is 96.5 Å². The molecule has 1 aromatic heterocycles. The van der Waals surface area contributed by atoms with Crippen LogP contribution in [0.5, 0.6) is 5.75 Å². The highest BCUT2D eigenvalue weighted by Gasteiger charge is 2.51. The summed E-state index contributed by atoms with van der Waals surface area (Å²) in [4.78, 5) is 64.0. The third-order valence-corrected chi connectivity index (χ3v) is 14.1. The second-order valence-corrected chi connectivity index (χ2v) is 20.9. The summed E-state index contributed by atoms with van der Waals surface area (Å²) in [5.41, 5.74) is 4.78. The quantitative estimate of drug-likeness (QED) is 0.0566. The fourth-order valence-electron chi connectivity index (χ4n) is 8.78. The molecule has 2 saturated heterocycles. The fraction of sp³-hybridized carbons (Fsp3) is 0.389. The van der Waals surface area contributed by atoms with Crippen LogP contribution in [0, 0.1) is 23.7 Å². The number of unbranched alkanes of at least 4 members (excludes halogenated alkanes) is 1. The Morgan fingerprint density at radius 2 is 1.57 bits per heavy atom. The Balaban J connectivity index is 0.841. The van der Waals surface area contributed by atoms with Crippen molar-refractivity contribution in [2.75, 3.05) is 36.2 Å². The SMILES string of the molecule is Cc1ncsc1-c1ccc(CNC(=O)[C@@H]2C[C@H](O)CN2C(=O)[C@@H](NC(=O)COCCCCOc2ccc(-c3ccc(N4C(=S)N(c5ccc(C#N)c(C(C)(F)F)c5)C(=O)C4(C)C)cc3)cc2)C(C)(C)C)cc1. The molecule has 2 aliphatic heterocycles. The predicted molar refractivity (Wildman–Crippen MR) is 276 cm³/mol. The zero-order valence-corrected chi connectivity index (χ0v) is 43.0. The van der Waals surface area contributed by atoms with E-state index in [0.29, 0.717) is 37.8 Å². The largest absolute Gasteiger partial charge is 0.494 e. The molecular formula is C54H59F2N7O7S2. The van der Waals surface area contributed by atoms with Gasteiger partial charge in [0.2, 0.25) is 17.7 Å². The minimum Gasteiger partial charge on any atom is -0.494 e. The molecule has 3 atom stereocenters. The summed E-state index contributed by atoms with van der Waals surface area (Å²) in [6.07, 6.45) is 0.463. The number of β-amino-alcohol motifs (C(OH)–C–C–N with tert-alkyl or cyclic N) is 1. The number of alkyl halides is 2. The van der Waals surface area contributed by atoms with Crippen molar-refractivity contribution in [3.63, 3.8) is 0 Å². The lowest BCUT2D eigenvalue weighted by molar-refractivity contribution is -0.144. The highest BCUT2D eigenvalue weighted by Crippen LogP contribution is 2.40. The number of carbonyl (C=O) groups is 4. The summed E-state index contributed by atoms with van der Waals surface area (Å²) >= 11 is 7.33. The molecule has 0 radical (unpaired) electrons. The number of aliphatic hydroxyl groups is 1. The summed E-state index contributed by atoms with van der Waals surface area (Å²) in [7, 11) is 0. The second kappa shape index (κ2) is 22.0. The van der Waals surface area contributed by atoms with Gasteiger partial charge in [0, 0.05) is 44.3 Å². The molecule has 2 aliphatic rings. The normalized spacial score (nSPS) is 17.2. The van der Waals surface area contributed by atoms with Crippen LogP contribution in [0.25, 0.3) is 21.6 Å².